The molecular formula is C48H26BF24NO. The molecule has 6 aromatic carbocycles. The van der Waals surface area contributed by atoms with E-state index < -0.39 is 195 Å². The van der Waals surface area contributed by atoms with Crippen molar-refractivity contribution >= 4 is 38.8 Å². The van der Waals surface area contributed by atoms with Gasteiger partial charge in [0, 0.05) is 22.4 Å². The highest BCUT2D eigenvalue weighted by molar-refractivity contribution is 7.20. The van der Waals surface area contributed by atoms with Gasteiger partial charge < -0.3 is 5.11 Å². The Labute approximate surface area is 405 Å². The average Bonchev–Trinajstić information content (AvgIpc) is 3.27. The first-order valence-electron chi connectivity index (χ1n) is 20.6. The summed E-state index contributed by atoms with van der Waals surface area (Å²) in [5.41, 5.74) is -28.9. The number of nitrogens with zero attached hydrogens (tertiary/aromatic N) is 1. The normalized spacial score (nSPS) is 13.4. The number of alkyl halides is 24. The lowest BCUT2D eigenvalue weighted by atomic mass is 9.12. The maximum atomic E-state index is 14.2. The number of hydrogen-bond donors (Lipinski definition) is 1. The Hall–Kier alpha value is -7.09. The van der Waals surface area contributed by atoms with Gasteiger partial charge in [0.15, 0.2) is 18.9 Å². The summed E-state index contributed by atoms with van der Waals surface area (Å²) in [5.74, 6) is 0.333. The zero-order valence-corrected chi connectivity index (χ0v) is 36.5. The number of aromatic nitrogens is 1. The quantitative estimate of drug-likeness (QED) is 0.100. The Balaban J connectivity index is 0.000000421. The highest BCUT2D eigenvalue weighted by Gasteiger charge is 2.47. The second-order valence-corrected chi connectivity index (χ2v) is 16.6. The van der Waals surface area contributed by atoms with Crippen LogP contribution in [0.15, 0.2) is 140 Å². The molecule has 2 nitrogen and oxygen atoms in total. The fourth-order valence-corrected chi connectivity index (χ4v) is 8.22. The number of rotatable bonds is 6. The fraction of sp³-hybridized carbons (Fsp3) is 0.188. The number of benzene rings is 6. The van der Waals surface area contributed by atoms with E-state index in [0.717, 1.165) is 17.3 Å². The SMILES string of the molecule is FC(F)(F)c1cc([B-](c2cc(C(F)(F)F)cc(C(F)(F)F)c2)(c2cc(C(F)(F)F)cc(C(F)(F)F)c2)c2cc(C(F)(F)F)cc(C(F)(F)F)c2)cc(C(F)(F)F)c1.Oc1cccc2c[n+](Cc3ccccc3)ccc12. The monoisotopic (exact) mass is 1100 g/mol. The molecule has 1 heterocycles. The largest absolute Gasteiger partial charge is 0.507 e. The number of fused-ring (bicyclic) bond motifs is 1. The average molecular weight is 1100 g/mol. The molecule has 1 N–H and O–H groups in total. The van der Waals surface area contributed by atoms with Gasteiger partial charge in [-0.05, 0) is 36.4 Å². The molecule has 0 aliphatic heterocycles. The molecular weight excluding hydrogens is 1070 g/mol. The summed E-state index contributed by atoms with van der Waals surface area (Å²) in [7, 11) is 0. The van der Waals surface area contributed by atoms with Gasteiger partial charge in [0.05, 0.1) is 44.5 Å². The van der Waals surface area contributed by atoms with E-state index in [1.165, 1.54) is 5.56 Å². The summed E-state index contributed by atoms with van der Waals surface area (Å²) in [4.78, 5) is 0. The number of halogens is 24. The summed E-state index contributed by atoms with van der Waals surface area (Å²) in [5, 5.41) is 11.7. The second kappa shape index (κ2) is 19.6. The van der Waals surface area contributed by atoms with Crippen LogP contribution < -0.4 is 26.4 Å². The summed E-state index contributed by atoms with van der Waals surface area (Å²) in [6.07, 6.45) is -50.8. The summed E-state index contributed by atoms with van der Waals surface area (Å²) >= 11 is 0. The lowest BCUT2D eigenvalue weighted by Gasteiger charge is -2.46. The van der Waals surface area contributed by atoms with Gasteiger partial charge >= 0.3 is 49.4 Å². The van der Waals surface area contributed by atoms with Crippen LogP contribution in [0.1, 0.15) is 50.1 Å². The van der Waals surface area contributed by atoms with Gasteiger partial charge in [-0.15, -0.1) is 0 Å². The lowest BCUT2D eigenvalue weighted by Crippen LogP contribution is -2.75. The third-order valence-corrected chi connectivity index (χ3v) is 11.5. The molecule has 0 amide bonds. The molecule has 27 heteroatoms. The molecule has 400 valence electrons. The van der Waals surface area contributed by atoms with Gasteiger partial charge in [0.2, 0.25) is 0 Å². The molecule has 0 bridgehead atoms. The summed E-state index contributed by atoms with van der Waals surface area (Å²) in [6, 6.07) is 9.06. The minimum atomic E-state index is -6.13. The van der Waals surface area contributed by atoms with Crippen LogP contribution in [0.3, 0.4) is 0 Å². The van der Waals surface area contributed by atoms with Crippen LogP contribution in [0.5, 0.6) is 5.75 Å². The molecule has 1 aromatic heterocycles. The molecule has 0 fully saturated rings. The molecule has 0 saturated heterocycles. The first kappa shape index (κ1) is 57.2. The molecule has 0 saturated carbocycles. The highest BCUT2D eigenvalue weighted by Crippen LogP contribution is 2.41. The van der Waals surface area contributed by atoms with E-state index in [9.17, 15) is 110 Å². The lowest BCUT2D eigenvalue weighted by molar-refractivity contribution is -0.687. The molecule has 75 heavy (non-hydrogen) atoms. The number of phenols is 1. The molecule has 0 unspecified atom stereocenters. The third-order valence-electron chi connectivity index (χ3n) is 11.5. The topological polar surface area (TPSA) is 24.1 Å². The number of pyridine rings is 1. The Kier molecular flexibility index (Phi) is 14.9. The Morgan fingerprint density at radius 1 is 0.333 bits per heavy atom. The van der Waals surface area contributed by atoms with Gasteiger partial charge in [-0.25, -0.2) is 4.57 Å². The van der Waals surface area contributed by atoms with E-state index in [4.69, 9.17) is 0 Å². The van der Waals surface area contributed by atoms with Crippen molar-refractivity contribution < 1.29 is 115 Å². The standard InChI is InChI=1S/C32H12BF24.C16H13NO/c34-25(35,36)13-1-14(26(37,38)39)6-21(5-13)33(22-7-15(27(40,41)42)2-16(8-22)28(43,44)45,23-9-17(29(46,47)48)3-18(10-23)30(49,50)51)24-11-19(31(52,53)54)4-20(12-24)32(55,56)57;18-16-8-4-7-14-12-17(10-9-15(14)16)11-13-5-2-1-3-6-13/h1-12H;1-10,12H,11H2/q-1;/p+1. The molecule has 7 rings (SSSR count). The van der Waals surface area contributed by atoms with Crippen LogP contribution >= 0.6 is 0 Å². The number of hydrogen-bond acceptors (Lipinski definition) is 1. The Morgan fingerprint density at radius 3 is 0.880 bits per heavy atom. The van der Waals surface area contributed by atoms with Gasteiger partial charge in [0.25, 0.3) is 0 Å². The van der Waals surface area contributed by atoms with E-state index >= 15 is 0 Å². The predicted octanol–water partition coefficient (Wildman–Crippen LogP) is 14.1. The van der Waals surface area contributed by atoms with Gasteiger partial charge in [-0.2, -0.15) is 127 Å². The molecule has 0 aliphatic carbocycles. The smallest absolute Gasteiger partial charge is 0.416 e. The minimum Gasteiger partial charge on any atom is -0.507 e. The molecule has 0 radical (unpaired) electrons. The van der Waals surface area contributed by atoms with E-state index in [1.54, 1.807) is 6.07 Å². The summed E-state index contributed by atoms with van der Waals surface area (Å²) < 4.78 is 343. The Morgan fingerprint density at radius 2 is 0.613 bits per heavy atom. The van der Waals surface area contributed by atoms with Crippen LogP contribution in [0, 0.1) is 0 Å². The van der Waals surface area contributed by atoms with Crippen LogP contribution in [-0.4, -0.2) is 11.3 Å². The van der Waals surface area contributed by atoms with Crippen molar-refractivity contribution in [1.82, 2.24) is 0 Å². The van der Waals surface area contributed by atoms with Crippen molar-refractivity contribution in [3.8, 4) is 5.75 Å². The van der Waals surface area contributed by atoms with E-state index in [-0.39, 0.29) is 0 Å². The van der Waals surface area contributed by atoms with E-state index in [2.05, 4.69) is 22.9 Å². The van der Waals surface area contributed by atoms with Crippen LogP contribution in [0.4, 0.5) is 105 Å². The van der Waals surface area contributed by atoms with Gasteiger partial charge in [-0.1, -0.05) is 84.9 Å². The van der Waals surface area contributed by atoms with Crippen molar-refractivity contribution in [3.63, 3.8) is 0 Å². The molecule has 0 spiro atoms. The minimum absolute atomic E-state index is 0.333. The van der Waals surface area contributed by atoms with Crippen LogP contribution in [-0.2, 0) is 56.0 Å². The maximum Gasteiger partial charge on any atom is 0.416 e. The van der Waals surface area contributed by atoms with Crippen molar-refractivity contribution in [3.05, 3.63) is 190 Å². The molecule has 0 atom stereocenters. The van der Waals surface area contributed by atoms with Gasteiger partial charge in [0.1, 0.15) is 11.9 Å². The van der Waals surface area contributed by atoms with Gasteiger partial charge in [-0.3, -0.25) is 0 Å². The fourth-order valence-electron chi connectivity index (χ4n) is 8.22. The Bertz CT molecular complexity index is 2760. The number of aromatic hydroxyl groups is 1. The third kappa shape index (κ3) is 12.9. The van der Waals surface area contributed by atoms with E-state index in [0.29, 0.717) is 5.75 Å². The maximum absolute atomic E-state index is 14.2. The van der Waals surface area contributed by atoms with Crippen molar-refractivity contribution in [2.45, 2.75) is 56.0 Å². The first-order valence-corrected chi connectivity index (χ1v) is 20.6. The molecule has 0 aliphatic rings. The molecule has 7 aromatic rings. The highest BCUT2D eigenvalue weighted by atomic mass is 19.4. The first-order chi connectivity index (χ1) is 34.1. The van der Waals surface area contributed by atoms with E-state index in [1.807, 2.05) is 42.6 Å². The van der Waals surface area contributed by atoms with Crippen LogP contribution in [0.25, 0.3) is 10.8 Å². The van der Waals surface area contributed by atoms with Crippen LogP contribution in [0.2, 0.25) is 0 Å². The predicted molar refractivity (Wildman–Crippen MR) is 221 cm³/mol. The van der Waals surface area contributed by atoms with Crippen molar-refractivity contribution in [1.29, 1.82) is 0 Å². The van der Waals surface area contributed by atoms with Crippen molar-refractivity contribution in [2.24, 2.45) is 0 Å². The zero-order valence-electron chi connectivity index (χ0n) is 36.5. The second-order valence-electron chi connectivity index (χ2n) is 16.6. The van der Waals surface area contributed by atoms with Crippen molar-refractivity contribution in [2.75, 3.05) is 0 Å². The summed E-state index contributed by atoms with van der Waals surface area (Å²) in [6.45, 7) is 0.840. The number of phenolic OH excluding ortho intramolecular Hbond substituents is 1. The zero-order chi connectivity index (χ0) is 56.3.